The molecule has 5 rings (SSSR count). The van der Waals surface area contributed by atoms with Crippen molar-refractivity contribution in [1.29, 1.82) is 0 Å². The molecule has 0 fully saturated rings. The first-order valence-electron chi connectivity index (χ1n) is 9.19. The fourth-order valence-electron chi connectivity index (χ4n) is 4.15. The van der Waals surface area contributed by atoms with E-state index in [2.05, 4.69) is 0 Å². The number of fused-ring (bicyclic) bond motifs is 4. The second kappa shape index (κ2) is 6.28. The summed E-state index contributed by atoms with van der Waals surface area (Å²) in [6.07, 6.45) is 0. The lowest BCUT2D eigenvalue weighted by Crippen LogP contribution is -2.29. The Balaban J connectivity index is 1.65. The largest absolute Gasteiger partial charge is 0.507 e. The Morgan fingerprint density at radius 1 is 1.18 bits per heavy atom. The van der Waals surface area contributed by atoms with Gasteiger partial charge in [-0.15, -0.1) is 11.6 Å². The maximum atomic E-state index is 13.3. The third-order valence-corrected chi connectivity index (χ3v) is 5.83. The second-order valence-corrected chi connectivity index (χ2v) is 7.60. The van der Waals surface area contributed by atoms with E-state index in [1.807, 2.05) is 49.4 Å². The van der Waals surface area contributed by atoms with Crippen molar-refractivity contribution in [2.24, 2.45) is 0 Å². The van der Waals surface area contributed by atoms with Gasteiger partial charge >= 0.3 is 0 Å². The lowest BCUT2D eigenvalue weighted by molar-refractivity contribution is 0.0964. The molecule has 140 valence electrons. The van der Waals surface area contributed by atoms with Gasteiger partial charge in [0.25, 0.3) is 5.91 Å². The maximum absolute atomic E-state index is 13.3. The van der Waals surface area contributed by atoms with E-state index >= 15 is 0 Å². The molecule has 0 spiro atoms. The van der Waals surface area contributed by atoms with E-state index < -0.39 is 0 Å². The Morgan fingerprint density at radius 3 is 2.75 bits per heavy atom. The highest BCUT2D eigenvalue weighted by atomic mass is 35.5. The molecular weight excluding hydrogens is 374 g/mol. The smallest absolute Gasteiger partial charge is 0.294 e. The lowest BCUT2D eigenvalue weighted by atomic mass is 9.95. The number of carbonyl (C=O) groups is 1. The number of hydrogen-bond acceptors (Lipinski definition) is 3. The van der Waals surface area contributed by atoms with E-state index in [9.17, 15) is 9.90 Å². The van der Waals surface area contributed by atoms with Crippen molar-refractivity contribution < 1.29 is 14.3 Å². The van der Waals surface area contributed by atoms with Gasteiger partial charge in [0.1, 0.15) is 11.3 Å². The number of carbonyl (C=O) groups excluding carboxylic acids is 1. The number of nitrogens with zero attached hydrogens (tertiary/aromatic N) is 1. The van der Waals surface area contributed by atoms with Gasteiger partial charge in [-0.1, -0.05) is 35.9 Å². The van der Waals surface area contributed by atoms with E-state index in [1.165, 1.54) is 0 Å². The van der Waals surface area contributed by atoms with Crippen molar-refractivity contribution in [1.82, 2.24) is 0 Å². The average Bonchev–Trinajstić information content (AvgIpc) is 3.28. The third kappa shape index (κ3) is 2.49. The molecule has 1 aromatic heterocycles. The molecule has 0 unspecified atom stereocenters. The number of halogens is 1. The molecular formula is C23H18ClNO3. The lowest BCUT2D eigenvalue weighted by Gasteiger charge is -2.17. The van der Waals surface area contributed by atoms with Gasteiger partial charge in [0.15, 0.2) is 5.76 Å². The molecule has 5 heteroatoms. The van der Waals surface area contributed by atoms with E-state index in [4.69, 9.17) is 16.0 Å². The zero-order valence-corrected chi connectivity index (χ0v) is 16.0. The number of hydrogen-bond donors (Lipinski definition) is 1. The molecule has 0 bridgehead atoms. The molecule has 1 aliphatic heterocycles. The number of phenols is 1. The molecule has 1 N–H and O–H groups in total. The minimum atomic E-state index is -0.225. The summed E-state index contributed by atoms with van der Waals surface area (Å²) in [4.78, 5) is 14.9. The highest BCUT2D eigenvalue weighted by Crippen LogP contribution is 2.45. The van der Waals surface area contributed by atoms with Gasteiger partial charge in [-0.05, 0) is 36.1 Å². The van der Waals surface area contributed by atoms with Gasteiger partial charge in [-0.25, -0.2) is 0 Å². The van der Waals surface area contributed by atoms with Gasteiger partial charge in [0.05, 0.1) is 5.69 Å². The highest BCUT2D eigenvalue weighted by molar-refractivity contribution is 6.19. The van der Waals surface area contributed by atoms with Crippen LogP contribution < -0.4 is 4.90 Å². The summed E-state index contributed by atoms with van der Waals surface area (Å²) in [5.41, 5.74) is 3.49. The first-order valence-corrected chi connectivity index (χ1v) is 9.73. The highest BCUT2D eigenvalue weighted by Gasteiger charge is 2.35. The monoisotopic (exact) mass is 391 g/mol. The Labute approximate surface area is 166 Å². The number of phenolic OH excluding ortho intramolecular Hbond substituents is 1. The van der Waals surface area contributed by atoms with Crippen molar-refractivity contribution in [3.05, 3.63) is 71.5 Å². The molecule has 3 aromatic carbocycles. The summed E-state index contributed by atoms with van der Waals surface area (Å²) in [7, 11) is 0. The SMILES string of the molecule is Cc1ccc2oc(C(=O)N3C[C@@H](CCl)c4c3cc(O)c3ccccc43)cc2c1. The van der Waals surface area contributed by atoms with Crippen molar-refractivity contribution in [2.75, 3.05) is 17.3 Å². The van der Waals surface area contributed by atoms with Gasteiger partial charge in [-0.2, -0.15) is 0 Å². The maximum Gasteiger partial charge on any atom is 0.294 e. The predicted molar refractivity (Wildman–Crippen MR) is 112 cm³/mol. The minimum absolute atomic E-state index is 0.00209. The Kier molecular flexibility index (Phi) is 3.84. The fourth-order valence-corrected chi connectivity index (χ4v) is 4.40. The second-order valence-electron chi connectivity index (χ2n) is 7.29. The number of alkyl halides is 1. The summed E-state index contributed by atoms with van der Waals surface area (Å²) in [5.74, 6) is 0.609. The predicted octanol–water partition coefficient (Wildman–Crippen LogP) is 5.58. The van der Waals surface area contributed by atoms with Gasteiger partial charge in [0, 0.05) is 35.2 Å². The van der Waals surface area contributed by atoms with Gasteiger partial charge in [-0.3, -0.25) is 4.79 Å². The van der Waals surface area contributed by atoms with Crippen LogP contribution in [-0.2, 0) is 0 Å². The van der Waals surface area contributed by atoms with Gasteiger partial charge < -0.3 is 14.4 Å². The Bertz CT molecular complexity index is 1240. The zero-order valence-electron chi connectivity index (χ0n) is 15.3. The first kappa shape index (κ1) is 17.1. The molecule has 28 heavy (non-hydrogen) atoms. The molecule has 0 radical (unpaired) electrons. The topological polar surface area (TPSA) is 53.7 Å². The molecule has 1 atom stereocenters. The van der Waals surface area contributed by atoms with Crippen LogP contribution in [-0.4, -0.2) is 23.4 Å². The van der Waals surface area contributed by atoms with Crippen LogP contribution in [0.2, 0.25) is 0 Å². The van der Waals surface area contributed by atoms with Crippen molar-refractivity contribution in [2.45, 2.75) is 12.8 Å². The summed E-state index contributed by atoms with van der Waals surface area (Å²) >= 11 is 6.25. The summed E-state index contributed by atoms with van der Waals surface area (Å²) in [6.45, 7) is 2.46. The van der Waals surface area contributed by atoms with Crippen molar-refractivity contribution in [3.8, 4) is 5.75 Å². The molecule has 4 nitrogen and oxygen atoms in total. The van der Waals surface area contributed by atoms with Crippen LogP contribution in [0.4, 0.5) is 5.69 Å². The quantitative estimate of drug-likeness (QED) is 0.453. The van der Waals surface area contributed by atoms with Crippen LogP contribution in [0.15, 0.2) is 59.0 Å². The summed E-state index contributed by atoms with van der Waals surface area (Å²) in [6, 6.07) is 16.9. The van der Waals surface area contributed by atoms with Crippen LogP contribution in [0, 0.1) is 6.92 Å². The molecule has 0 saturated carbocycles. The fraction of sp³-hybridized carbons (Fsp3) is 0.174. The van der Waals surface area contributed by atoms with Crippen LogP contribution >= 0.6 is 11.6 Å². The number of furan rings is 1. The van der Waals surface area contributed by atoms with Crippen LogP contribution in [0.5, 0.6) is 5.75 Å². The summed E-state index contributed by atoms with van der Waals surface area (Å²) in [5, 5.41) is 13.1. The zero-order chi connectivity index (χ0) is 19.4. The normalized spacial score (nSPS) is 16.1. The number of amides is 1. The first-order chi connectivity index (χ1) is 13.6. The van der Waals surface area contributed by atoms with Gasteiger partial charge in [0.2, 0.25) is 0 Å². The van der Waals surface area contributed by atoms with E-state index in [1.54, 1.807) is 17.0 Å². The molecule has 1 aliphatic rings. The van der Waals surface area contributed by atoms with E-state index in [-0.39, 0.29) is 23.3 Å². The minimum Gasteiger partial charge on any atom is -0.507 e. The van der Waals surface area contributed by atoms with E-state index in [0.29, 0.717) is 23.7 Å². The standard InChI is InChI=1S/C23H18ClNO3/c1-13-6-7-20-14(8-13)9-21(28-20)23(27)25-12-15(11-24)22-17-5-3-2-4-16(17)19(26)10-18(22)25/h2-10,15,26H,11-12H2,1H3/t15-/m1/s1. The Morgan fingerprint density at radius 2 is 1.96 bits per heavy atom. The molecule has 0 saturated heterocycles. The summed E-state index contributed by atoms with van der Waals surface area (Å²) < 4.78 is 5.81. The van der Waals surface area contributed by atoms with Crippen LogP contribution in [0.1, 0.15) is 27.6 Å². The molecule has 1 amide bonds. The van der Waals surface area contributed by atoms with Crippen molar-refractivity contribution >= 4 is 44.9 Å². The molecule has 0 aliphatic carbocycles. The molecule has 4 aromatic rings. The number of aryl methyl sites for hydroxylation is 1. The van der Waals surface area contributed by atoms with Crippen LogP contribution in [0.3, 0.4) is 0 Å². The van der Waals surface area contributed by atoms with E-state index in [0.717, 1.165) is 27.3 Å². The number of anilines is 1. The Hall–Kier alpha value is -2.98. The number of aromatic hydroxyl groups is 1. The number of benzene rings is 3. The van der Waals surface area contributed by atoms with Crippen LogP contribution in [0.25, 0.3) is 21.7 Å². The number of rotatable bonds is 2. The molecule has 2 heterocycles. The average molecular weight is 392 g/mol. The van der Waals surface area contributed by atoms with Crippen molar-refractivity contribution in [3.63, 3.8) is 0 Å². The third-order valence-electron chi connectivity index (χ3n) is 5.46.